The molecule has 0 spiro atoms. The summed E-state index contributed by atoms with van der Waals surface area (Å²) in [4.78, 5) is 12.0. The number of nitrogen functional groups attached to an aromatic ring is 1. The third-order valence-corrected chi connectivity index (χ3v) is 4.44. The smallest absolute Gasteiger partial charge is 0.320 e. The lowest BCUT2D eigenvalue weighted by atomic mass is 10.2. The fourth-order valence-corrected chi connectivity index (χ4v) is 2.69. The van der Waals surface area contributed by atoms with E-state index in [1.54, 1.807) is 11.8 Å². The Balaban J connectivity index is 2.58. The van der Waals surface area contributed by atoms with Crippen molar-refractivity contribution >= 4 is 39.3 Å². The minimum Gasteiger partial charge on any atom is -0.468 e. The maximum absolute atomic E-state index is 11.2. The second kappa shape index (κ2) is 6.15. The molecule has 0 fully saturated rings. The van der Waals surface area contributed by atoms with Crippen LogP contribution in [0.1, 0.15) is 5.56 Å². The lowest BCUT2D eigenvalue weighted by Crippen LogP contribution is -2.17. The second-order valence-corrected chi connectivity index (χ2v) is 5.49. The van der Waals surface area contributed by atoms with Gasteiger partial charge in [-0.25, -0.2) is 0 Å². The van der Waals surface area contributed by atoms with Gasteiger partial charge in [0.25, 0.3) is 0 Å². The lowest BCUT2D eigenvalue weighted by Gasteiger charge is -2.09. The normalized spacial score (nSPS) is 12.2. The van der Waals surface area contributed by atoms with Crippen LogP contribution in [0.2, 0.25) is 0 Å². The number of nitrogens with two attached hydrogens (primary N) is 1. The van der Waals surface area contributed by atoms with Gasteiger partial charge in [0, 0.05) is 16.3 Å². The molecular formula is C11H14BrNO2S. The van der Waals surface area contributed by atoms with Crippen LogP contribution in [-0.4, -0.2) is 23.7 Å². The van der Waals surface area contributed by atoms with Gasteiger partial charge >= 0.3 is 5.97 Å². The van der Waals surface area contributed by atoms with Gasteiger partial charge in [-0.15, -0.1) is 11.8 Å². The van der Waals surface area contributed by atoms with Gasteiger partial charge in [0.15, 0.2) is 0 Å². The molecule has 1 aromatic rings. The zero-order chi connectivity index (χ0) is 12.1. The first-order valence-electron chi connectivity index (χ1n) is 4.75. The van der Waals surface area contributed by atoms with Crippen molar-refractivity contribution in [3.63, 3.8) is 0 Å². The van der Waals surface area contributed by atoms with Crippen molar-refractivity contribution in [3.05, 3.63) is 23.8 Å². The Morgan fingerprint density at radius 2 is 2.31 bits per heavy atom. The minimum atomic E-state index is -0.278. The molecule has 0 aliphatic carbocycles. The van der Waals surface area contributed by atoms with Gasteiger partial charge in [0.1, 0.15) is 4.83 Å². The van der Waals surface area contributed by atoms with Crippen LogP contribution in [0.4, 0.5) is 5.69 Å². The molecule has 2 N–H and O–H groups in total. The highest BCUT2D eigenvalue weighted by atomic mass is 79.9. The number of methoxy groups -OCH3 is 1. The number of hydrogen-bond acceptors (Lipinski definition) is 4. The summed E-state index contributed by atoms with van der Waals surface area (Å²) in [5, 5.41) is 0. The largest absolute Gasteiger partial charge is 0.468 e. The average molecular weight is 304 g/mol. The van der Waals surface area contributed by atoms with Crippen molar-refractivity contribution in [3.8, 4) is 0 Å². The average Bonchev–Trinajstić information content (AvgIpc) is 2.26. The molecule has 0 aliphatic heterocycles. The van der Waals surface area contributed by atoms with Gasteiger partial charge in [-0.05, 0) is 30.7 Å². The molecule has 1 atom stereocenters. The number of alkyl halides is 1. The number of hydrogen-bond donors (Lipinski definition) is 1. The van der Waals surface area contributed by atoms with Crippen molar-refractivity contribution in [2.45, 2.75) is 16.6 Å². The number of carbonyl (C=O) groups excluding carboxylic acids is 1. The molecule has 0 heterocycles. The van der Waals surface area contributed by atoms with Gasteiger partial charge in [0.2, 0.25) is 0 Å². The highest BCUT2D eigenvalue weighted by molar-refractivity contribution is 9.10. The summed E-state index contributed by atoms with van der Waals surface area (Å²) in [7, 11) is 1.38. The molecule has 16 heavy (non-hydrogen) atoms. The number of halogens is 1. The molecule has 0 saturated heterocycles. The first-order chi connectivity index (χ1) is 7.54. The molecule has 1 rings (SSSR count). The van der Waals surface area contributed by atoms with E-state index in [-0.39, 0.29) is 10.8 Å². The number of rotatable bonds is 4. The Kier molecular flexibility index (Phi) is 5.15. The molecule has 1 unspecified atom stereocenters. The van der Waals surface area contributed by atoms with Crippen LogP contribution < -0.4 is 5.73 Å². The van der Waals surface area contributed by atoms with Crippen LogP contribution in [-0.2, 0) is 9.53 Å². The summed E-state index contributed by atoms with van der Waals surface area (Å²) in [6.45, 7) is 2.00. The summed E-state index contributed by atoms with van der Waals surface area (Å²) in [5.74, 6) is 0.387. The third kappa shape index (κ3) is 3.72. The molecule has 3 nitrogen and oxygen atoms in total. The van der Waals surface area contributed by atoms with Crippen LogP contribution in [0.25, 0.3) is 0 Å². The minimum absolute atomic E-state index is 0.249. The summed E-state index contributed by atoms with van der Waals surface area (Å²) in [6, 6.07) is 5.74. The van der Waals surface area contributed by atoms with E-state index >= 15 is 0 Å². The first-order valence-corrected chi connectivity index (χ1v) is 6.65. The van der Waals surface area contributed by atoms with Gasteiger partial charge in [0.05, 0.1) is 7.11 Å². The first kappa shape index (κ1) is 13.4. The number of anilines is 1. The second-order valence-electron chi connectivity index (χ2n) is 3.33. The van der Waals surface area contributed by atoms with E-state index < -0.39 is 0 Å². The van der Waals surface area contributed by atoms with Crippen molar-refractivity contribution in [2.75, 3.05) is 18.6 Å². The van der Waals surface area contributed by atoms with E-state index in [0.717, 1.165) is 16.1 Å². The fourth-order valence-electron chi connectivity index (χ4n) is 1.19. The maximum Gasteiger partial charge on any atom is 0.320 e. The summed E-state index contributed by atoms with van der Waals surface area (Å²) in [5.41, 5.74) is 7.54. The van der Waals surface area contributed by atoms with Crippen LogP contribution in [0.15, 0.2) is 23.1 Å². The van der Waals surface area contributed by atoms with E-state index in [4.69, 9.17) is 5.73 Å². The standard InChI is InChI=1S/C11H14BrNO2S/c1-7-5-8(13)3-4-10(7)16-6-9(12)11(14)15-2/h3-5,9H,6,13H2,1-2H3. The molecule has 5 heteroatoms. The van der Waals surface area contributed by atoms with Gasteiger partial charge < -0.3 is 10.5 Å². The molecule has 1 aromatic carbocycles. The van der Waals surface area contributed by atoms with E-state index in [9.17, 15) is 4.79 Å². The Labute approximate surface area is 108 Å². The van der Waals surface area contributed by atoms with E-state index in [2.05, 4.69) is 20.7 Å². The summed E-state index contributed by atoms with van der Waals surface area (Å²) >= 11 is 4.88. The third-order valence-electron chi connectivity index (χ3n) is 2.04. The van der Waals surface area contributed by atoms with Crippen molar-refractivity contribution in [1.82, 2.24) is 0 Å². The number of benzene rings is 1. The van der Waals surface area contributed by atoms with Crippen LogP contribution in [0.3, 0.4) is 0 Å². The summed E-state index contributed by atoms with van der Waals surface area (Å²) in [6.07, 6.45) is 0. The van der Waals surface area contributed by atoms with Gasteiger partial charge in [-0.3, -0.25) is 4.79 Å². The van der Waals surface area contributed by atoms with Crippen molar-refractivity contribution in [2.24, 2.45) is 0 Å². The monoisotopic (exact) mass is 303 g/mol. The fraction of sp³-hybridized carbons (Fsp3) is 0.364. The Morgan fingerprint density at radius 3 is 2.88 bits per heavy atom. The molecule has 0 radical (unpaired) electrons. The highest BCUT2D eigenvalue weighted by Crippen LogP contribution is 2.26. The van der Waals surface area contributed by atoms with E-state index in [0.29, 0.717) is 5.75 Å². The SMILES string of the molecule is COC(=O)C(Br)CSc1ccc(N)cc1C. The predicted molar refractivity (Wildman–Crippen MR) is 71.0 cm³/mol. The van der Waals surface area contributed by atoms with E-state index in [1.165, 1.54) is 7.11 Å². The quantitative estimate of drug-likeness (QED) is 0.402. The topological polar surface area (TPSA) is 52.3 Å². The summed E-state index contributed by atoms with van der Waals surface area (Å²) < 4.78 is 4.63. The van der Waals surface area contributed by atoms with Crippen molar-refractivity contribution < 1.29 is 9.53 Å². The number of carbonyl (C=O) groups is 1. The van der Waals surface area contributed by atoms with Gasteiger partial charge in [-0.1, -0.05) is 15.9 Å². The predicted octanol–water partition coefficient (Wildman–Crippen LogP) is 2.61. The molecule has 0 saturated carbocycles. The maximum atomic E-state index is 11.2. The Bertz CT molecular complexity index is 384. The molecule has 88 valence electrons. The zero-order valence-corrected chi connectivity index (χ0v) is 11.6. The molecular weight excluding hydrogens is 290 g/mol. The van der Waals surface area contributed by atoms with Crippen molar-refractivity contribution in [1.29, 1.82) is 0 Å². The molecule has 0 aromatic heterocycles. The zero-order valence-electron chi connectivity index (χ0n) is 9.20. The van der Waals surface area contributed by atoms with Crippen LogP contribution >= 0.6 is 27.7 Å². The number of esters is 1. The Hall–Kier alpha value is -0.680. The number of aryl methyl sites for hydroxylation is 1. The molecule has 0 amide bonds. The van der Waals surface area contributed by atoms with Crippen LogP contribution in [0, 0.1) is 6.92 Å². The Morgan fingerprint density at radius 1 is 1.62 bits per heavy atom. The van der Waals surface area contributed by atoms with E-state index in [1.807, 2.05) is 25.1 Å². The van der Waals surface area contributed by atoms with Crippen LogP contribution in [0.5, 0.6) is 0 Å². The molecule has 0 aliphatic rings. The number of thioether (sulfide) groups is 1. The van der Waals surface area contributed by atoms with Gasteiger partial charge in [-0.2, -0.15) is 0 Å². The molecule has 0 bridgehead atoms. The highest BCUT2D eigenvalue weighted by Gasteiger charge is 2.15. The lowest BCUT2D eigenvalue weighted by molar-refractivity contribution is -0.139. The number of ether oxygens (including phenoxy) is 1.